The fraction of sp³-hybridized carbons (Fsp3) is 0.214. The van der Waals surface area contributed by atoms with Crippen LogP contribution in [-0.2, 0) is 0 Å². The van der Waals surface area contributed by atoms with E-state index in [9.17, 15) is 9.90 Å². The molecular formula is C14H17N3O2. The second-order valence-electron chi connectivity index (χ2n) is 4.37. The Balaban J connectivity index is 2.39. The van der Waals surface area contributed by atoms with Gasteiger partial charge in [-0.15, -0.1) is 0 Å². The van der Waals surface area contributed by atoms with Crippen LogP contribution in [0.3, 0.4) is 0 Å². The number of aromatic amines is 1. The standard InChI is InChI=1S/C14H17N3O2/c1-3-17(13-7-11(18)5-4-9(13)2)14(19)12-6-10(15)8-16-12/h4-8,16,18H,3,15H2,1-2H3. The average Bonchev–Trinajstić information content (AvgIpc) is 2.81. The molecule has 0 aliphatic carbocycles. The number of nitrogen functional groups attached to an aromatic ring is 1. The zero-order valence-corrected chi connectivity index (χ0v) is 11.0. The lowest BCUT2D eigenvalue weighted by atomic mass is 10.1. The second-order valence-corrected chi connectivity index (χ2v) is 4.37. The molecule has 0 bridgehead atoms. The number of carbonyl (C=O) groups excluding carboxylic acids is 1. The van der Waals surface area contributed by atoms with Crippen molar-refractivity contribution in [2.75, 3.05) is 17.2 Å². The van der Waals surface area contributed by atoms with Crippen LogP contribution in [0.25, 0.3) is 0 Å². The number of nitrogens with zero attached hydrogens (tertiary/aromatic N) is 1. The summed E-state index contributed by atoms with van der Waals surface area (Å²) in [6.45, 7) is 4.28. The third-order valence-corrected chi connectivity index (χ3v) is 2.98. The molecule has 0 saturated carbocycles. The molecule has 1 aromatic carbocycles. The highest BCUT2D eigenvalue weighted by Crippen LogP contribution is 2.26. The summed E-state index contributed by atoms with van der Waals surface area (Å²) in [7, 11) is 0. The molecular weight excluding hydrogens is 242 g/mol. The van der Waals surface area contributed by atoms with Crippen LogP contribution in [0.15, 0.2) is 30.5 Å². The van der Waals surface area contributed by atoms with Gasteiger partial charge in [-0.25, -0.2) is 0 Å². The highest BCUT2D eigenvalue weighted by Gasteiger charge is 2.19. The molecule has 0 radical (unpaired) electrons. The number of phenols is 1. The van der Waals surface area contributed by atoms with Crippen LogP contribution in [0.2, 0.25) is 0 Å². The molecule has 2 rings (SSSR count). The van der Waals surface area contributed by atoms with E-state index in [-0.39, 0.29) is 11.7 Å². The molecule has 0 aliphatic rings. The van der Waals surface area contributed by atoms with Crippen molar-refractivity contribution in [2.45, 2.75) is 13.8 Å². The molecule has 4 N–H and O–H groups in total. The number of benzene rings is 1. The number of amides is 1. The lowest BCUT2D eigenvalue weighted by Crippen LogP contribution is -2.31. The van der Waals surface area contributed by atoms with Gasteiger partial charge in [0, 0.05) is 24.5 Å². The summed E-state index contributed by atoms with van der Waals surface area (Å²) in [4.78, 5) is 16.9. The maximum Gasteiger partial charge on any atom is 0.274 e. The maximum atomic E-state index is 12.4. The Morgan fingerprint density at radius 3 is 2.74 bits per heavy atom. The van der Waals surface area contributed by atoms with Gasteiger partial charge in [0.05, 0.1) is 5.69 Å². The highest BCUT2D eigenvalue weighted by molar-refractivity contribution is 6.05. The minimum absolute atomic E-state index is 0.137. The lowest BCUT2D eigenvalue weighted by Gasteiger charge is -2.22. The van der Waals surface area contributed by atoms with Gasteiger partial charge in [0.2, 0.25) is 0 Å². The molecule has 5 heteroatoms. The van der Waals surface area contributed by atoms with Gasteiger partial charge in [-0.1, -0.05) is 6.07 Å². The first-order valence-corrected chi connectivity index (χ1v) is 6.08. The van der Waals surface area contributed by atoms with Crippen molar-refractivity contribution in [3.8, 4) is 5.75 Å². The number of aryl methyl sites for hydroxylation is 1. The Labute approximate surface area is 111 Å². The molecule has 1 aromatic heterocycles. The topological polar surface area (TPSA) is 82.3 Å². The molecule has 0 spiro atoms. The number of aromatic nitrogens is 1. The molecule has 1 amide bonds. The van der Waals surface area contributed by atoms with E-state index in [4.69, 9.17) is 5.73 Å². The van der Waals surface area contributed by atoms with Gasteiger partial charge in [-0.3, -0.25) is 4.79 Å². The van der Waals surface area contributed by atoms with Crippen molar-refractivity contribution in [1.82, 2.24) is 4.98 Å². The first kappa shape index (κ1) is 13.0. The highest BCUT2D eigenvalue weighted by atomic mass is 16.3. The van der Waals surface area contributed by atoms with Crippen molar-refractivity contribution < 1.29 is 9.90 Å². The summed E-state index contributed by atoms with van der Waals surface area (Å²) in [5.74, 6) is -0.0363. The van der Waals surface area contributed by atoms with Gasteiger partial charge in [-0.05, 0) is 31.5 Å². The van der Waals surface area contributed by atoms with Gasteiger partial charge in [0.15, 0.2) is 0 Å². The Morgan fingerprint density at radius 2 is 2.16 bits per heavy atom. The Kier molecular flexibility index (Phi) is 3.46. The molecule has 5 nitrogen and oxygen atoms in total. The minimum atomic E-state index is -0.173. The molecule has 19 heavy (non-hydrogen) atoms. The predicted octanol–water partition coefficient (Wildman–Crippen LogP) is 2.28. The van der Waals surface area contributed by atoms with Gasteiger partial charge in [0.25, 0.3) is 5.91 Å². The summed E-state index contributed by atoms with van der Waals surface area (Å²) in [6.07, 6.45) is 1.58. The number of nitrogens with two attached hydrogens (primary N) is 1. The number of aromatic hydroxyl groups is 1. The van der Waals surface area contributed by atoms with E-state index in [0.29, 0.717) is 23.6 Å². The monoisotopic (exact) mass is 259 g/mol. The third kappa shape index (κ3) is 2.54. The zero-order chi connectivity index (χ0) is 14.0. The SMILES string of the molecule is CCN(C(=O)c1cc(N)c[nH]1)c1cc(O)ccc1C. The molecule has 0 saturated heterocycles. The normalized spacial score (nSPS) is 10.4. The van der Waals surface area contributed by atoms with E-state index in [2.05, 4.69) is 4.98 Å². The zero-order valence-electron chi connectivity index (χ0n) is 11.0. The number of hydrogen-bond donors (Lipinski definition) is 3. The first-order valence-electron chi connectivity index (χ1n) is 6.08. The van der Waals surface area contributed by atoms with Crippen LogP contribution in [0.5, 0.6) is 5.75 Å². The number of hydrogen-bond acceptors (Lipinski definition) is 3. The molecule has 0 aliphatic heterocycles. The molecule has 1 heterocycles. The van der Waals surface area contributed by atoms with Gasteiger partial charge in [0.1, 0.15) is 11.4 Å². The maximum absolute atomic E-state index is 12.4. The fourth-order valence-electron chi connectivity index (χ4n) is 1.99. The third-order valence-electron chi connectivity index (χ3n) is 2.98. The smallest absolute Gasteiger partial charge is 0.274 e. The molecule has 0 fully saturated rings. The van der Waals surface area contributed by atoms with Crippen molar-refractivity contribution in [2.24, 2.45) is 0 Å². The number of H-pyrrole nitrogens is 1. The summed E-state index contributed by atoms with van der Waals surface area (Å²) in [5.41, 5.74) is 8.18. The molecule has 100 valence electrons. The average molecular weight is 259 g/mol. The van der Waals surface area contributed by atoms with E-state index in [1.54, 1.807) is 35.4 Å². The lowest BCUT2D eigenvalue weighted by molar-refractivity contribution is 0.0984. The van der Waals surface area contributed by atoms with Crippen LogP contribution < -0.4 is 10.6 Å². The van der Waals surface area contributed by atoms with E-state index < -0.39 is 0 Å². The van der Waals surface area contributed by atoms with Gasteiger partial charge in [-0.2, -0.15) is 0 Å². The second kappa shape index (κ2) is 5.06. The Bertz CT molecular complexity index is 604. The van der Waals surface area contributed by atoms with E-state index in [1.165, 1.54) is 0 Å². The van der Waals surface area contributed by atoms with Crippen molar-refractivity contribution in [1.29, 1.82) is 0 Å². The fourth-order valence-corrected chi connectivity index (χ4v) is 1.99. The largest absolute Gasteiger partial charge is 0.508 e. The van der Waals surface area contributed by atoms with E-state index >= 15 is 0 Å². The number of anilines is 2. The van der Waals surface area contributed by atoms with Crippen molar-refractivity contribution in [3.05, 3.63) is 41.7 Å². The number of nitrogens with one attached hydrogen (secondary N) is 1. The summed E-state index contributed by atoms with van der Waals surface area (Å²) < 4.78 is 0. The Hall–Kier alpha value is -2.43. The van der Waals surface area contributed by atoms with Crippen molar-refractivity contribution >= 4 is 17.3 Å². The molecule has 2 aromatic rings. The van der Waals surface area contributed by atoms with Crippen LogP contribution in [0.4, 0.5) is 11.4 Å². The quantitative estimate of drug-likeness (QED) is 0.790. The Morgan fingerprint density at radius 1 is 1.42 bits per heavy atom. The van der Waals surface area contributed by atoms with Crippen LogP contribution in [0.1, 0.15) is 23.0 Å². The molecule has 0 atom stereocenters. The minimum Gasteiger partial charge on any atom is -0.508 e. The molecule has 0 unspecified atom stereocenters. The first-order chi connectivity index (χ1) is 9.02. The number of rotatable bonds is 3. The summed E-state index contributed by atoms with van der Waals surface area (Å²) >= 11 is 0. The van der Waals surface area contributed by atoms with Crippen LogP contribution in [0, 0.1) is 6.92 Å². The van der Waals surface area contributed by atoms with Gasteiger partial charge < -0.3 is 20.7 Å². The summed E-state index contributed by atoms with van der Waals surface area (Å²) in [5, 5.41) is 9.57. The predicted molar refractivity (Wildman–Crippen MR) is 75.4 cm³/mol. The van der Waals surface area contributed by atoms with Crippen molar-refractivity contribution in [3.63, 3.8) is 0 Å². The van der Waals surface area contributed by atoms with Gasteiger partial charge >= 0.3 is 0 Å². The van der Waals surface area contributed by atoms with E-state index in [1.807, 2.05) is 13.8 Å². The number of carbonyl (C=O) groups is 1. The van der Waals surface area contributed by atoms with Crippen LogP contribution >= 0.6 is 0 Å². The van der Waals surface area contributed by atoms with E-state index in [0.717, 1.165) is 5.56 Å². The summed E-state index contributed by atoms with van der Waals surface area (Å²) in [6, 6.07) is 6.57. The van der Waals surface area contributed by atoms with Crippen LogP contribution in [-0.4, -0.2) is 22.5 Å². The number of phenolic OH excluding ortho intramolecular Hbond substituents is 1.